The van der Waals surface area contributed by atoms with Crippen LogP contribution in [0.4, 0.5) is 5.13 Å². The minimum atomic E-state index is -0.447. The molecule has 0 saturated heterocycles. The maximum atomic E-state index is 11.9. The molecule has 3 aromatic rings. The number of hydrogen-bond acceptors (Lipinski definition) is 6. The monoisotopic (exact) mass is 314 g/mol. The van der Waals surface area contributed by atoms with Crippen LogP contribution in [0.1, 0.15) is 15.9 Å². The Labute approximate surface area is 131 Å². The number of ether oxygens (including phenoxy) is 2. The van der Waals surface area contributed by atoms with E-state index in [4.69, 9.17) is 15.2 Å². The Bertz CT molecular complexity index is 815. The van der Waals surface area contributed by atoms with Crippen molar-refractivity contribution in [3.63, 3.8) is 0 Å². The van der Waals surface area contributed by atoms with Crippen LogP contribution in [0.25, 0.3) is 10.2 Å². The molecule has 6 heteroatoms. The smallest absolute Gasteiger partial charge is 0.341 e. The van der Waals surface area contributed by atoms with E-state index in [1.165, 1.54) is 18.4 Å². The number of nitrogens with two attached hydrogens (primary N) is 1. The highest BCUT2D eigenvalue weighted by atomic mass is 32.1. The highest BCUT2D eigenvalue weighted by molar-refractivity contribution is 7.22. The molecule has 0 bridgehead atoms. The van der Waals surface area contributed by atoms with Gasteiger partial charge in [0.1, 0.15) is 17.9 Å². The number of nitrogens with zero attached hydrogens (tertiary/aromatic N) is 1. The van der Waals surface area contributed by atoms with E-state index < -0.39 is 5.97 Å². The fraction of sp³-hybridized carbons (Fsp3) is 0.125. The second-order valence-corrected chi connectivity index (χ2v) is 5.70. The third kappa shape index (κ3) is 2.87. The number of hydrogen-bond donors (Lipinski definition) is 1. The van der Waals surface area contributed by atoms with Crippen molar-refractivity contribution in [3.05, 3.63) is 53.6 Å². The minimum Gasteiger partial charge on any atom is -0.488 e. The van der Waals surface area contributed by atoms with Gasteiger partial charge in [0.2, 0.25) is 0 Å². The molecule has 0 saturated carbocycles. The van der Waals surface area contributed by atoms with E-state index in [2.05, 4.69) is 4.98 Å². The van der Waals surface area contributed by atoms with Gasteiger partial charge in [-0.2, -0.15) is 0 Å². The van der Waals surface area contributed by atoms with Crippen LogP contribution in [-0.4, -0.2) is 18.1 Å². The van der Waals surface area contributed by atoms with Crippen LogP contribution in [0.15, 0.2) is 42.5 Å². The number of nitrogen functional groups attached to an aromatic ring is 1. The molecule has 0 atom stereocenters. The summed E-state index contributed by atoms with van der Waals surface area (Å²) in [7, 11) is 1.34. The number of fused-ring (bicyclic) bond motifs is 1. The van der Waals surface area contributed by atoms with Crippen molar-refractivity contribution < 1.29 is 14.3 Å². The number of carbonyl (C=O) groups is 1. The van der Waals surface area contributed by atoms with Gasteiger partial charge in [-0.05, 0) is 11.6 Å². The van der Waals surface area contributed by atoms with Crippen LogP contribution < -0.4 is 10.5 Å². The summed E-state index contributed by atoms with van der Waals surface area (Å²) in [4.78, 5) is 16.2. The molecule has 2 N–H and O–H groups in total. The van der Waals surface area contributed by atoms with Gasteiger partial charge in [0.15, 0.2) is 5.13 Å². The predicted octanol–water partition coefficient (Wildman–Crippen LogP) is 3.24. The summed E-state index contributed by atoms with van der Waals surface area (Å²) in [5.74, 6) is -0.00886. The van der Waals surface area contributed by atoms with Crippen molar-refractivity contribution in [2.24, 2.45) is 0 Å². The van der Waals surface area contributed by atoms with E-state index in [9.17, 15) is 4.79 Å². The zero-order valence-corrected chi connectivity index (χ0v) is 12.7. The lowest BCUT2D eigenvalue weighted by atomic mass is 10.2. The van der Waals surface area contributed by atoms with Crippen LogP contribution in [0.5, 0.6) is 5.75 Å². The molecule has 0 unspecified atom stereocenters. The van der Waals surface area contributed by atoms with E-state index in [0.717, 1.165) is 10.3 Å². The highest BCUT2D eigenvalue weighted by Gasteiger charge is 2.16. The van der Waals surface area contributed by atoms with Crippen molar-refractivity contribution in [1.29, 1.82) is 0 Å². The van der Waals surface area contributed by atoms with Gasteiger partial charge in [-0.25, -0.2) is 9.78 Å². The van der Waals surface area contributed by atoms with Crippen LogP contribution >= 0.6 is 11.3 Å². The van der Waals surface area contributed by atoms with Crippen LogP contribution in [0, 0.1) is 0 Å². The molecular weight excluding hydrogens is 300 g/mol. The summed E-state index contributed by atoms with van der Waals surface area (Å²) in [6, 6.07) is 13.1. The Morgan fingerprint density at radius 2 is 2.05 bits per heavy atom. The maximum absolute atomic E-state index is 11.9. The number of benzene rings is 2. The standard InChI is InChI=1S/C16H14N2O3S/c1-20-15(19)11-7-14-12(18-16(17)22-14)8-13(11)21-9-10-5-3-2-4-6-10/h2-8H,9H2,1H3,(H2,17,18). The zero-order chi connectivity index (χ0) is 15.5. The molecule has 112 valence electrons. The normalized spacial score (nSPS) is 10.6. The third-order valence-corrected chi connectivity index (χ3v) is 4.00. The highest BCUT2D eigenvalue weighted by Crippen LogP contribution is 2.31. The van der Waals surface area contributed by atoms with Crippen molar-refractivity contribution in [2.45, 2.75) is 6.61 Å². The van der Waals surface area contributed by atoms with Gasteiger partial charge in [-0.1, -0.05) is 41.7 Å². The lowest BCUT2D eigenvalue weighted by molar-refractivity contribution is 0.0596. The van der Waals surface area contributed by atoms with Crippen molar-refractivity contribution in [1.82, 2.24) is 4.98 Å². The summed E-state index contributed by atoms with van der Waals surface area (Å²) >= 11 is 1.32. The maximum Gasteiger partial charge on any atom is 0.341 e. The van der Waals surface area contributed by atoms with E-state index in [1.807, 2.05) is 30.3 Å². The molecule has 22 heavy (non-hydrogen) atoms. The largest absolute Gasteiger partial charge is 0.488 e. The number of thiazole rings is 1. The average molecular weight is 314 g/mol. The Morgan fingerprint density at radius 3 is 2.77 bits per heavy atom. The molecule has 3 rings (SSSR count). The Hall–Kier alpha value is -2.60. The zero-order valence-electron chi connectivity index (χ0n) is 11.9. The summed E-state index contributed by atoms with van der Waals surface area (Å²) in [5, 5.41) is 0.450. The number of esters is 1. The SMILES string of the molecule is COC(=O)c1cc2sc(N)nc2cc1OCc1ccccc1. The van der Waals surface area contributed by atoms with Crippen molar-refractivity contribution >= 4 is 32.7 Å². The van der Waals surface area contributed by atoms with Gasteiger partial charge in [-0.15, -0.1) is 0 Å². The fourth-order valence-electron chi connectivity index (χ4n) is 2.10. The molecule has 0 aliphatic rings. The molecule has 0 radical (unpaired) electrons. The number of aromatic nitrogens is 1. The molecule has 2 aromatic carbocycles. The molecule has 0 spiro atoms. The Balaban J connectivity index is 1.96. The second kappa shape index (κ2) is 6.03. The minimum absolute atomic E-state index is 0.357. The Morgan fingerprint density at radius 1 is 1.27 bits per heavy atom. The lowest BCUT2D eigenvalue weighted by Crippen LogP contribution is -2.06. The third-order valence-electron chi connectivity index (χ3n) is 3.15. The van der Waals surface area contributed by atoms with Crippen molar-refractivity contribution in [2.75, 3.05) is 12.8 Å². The number of rotatable bonds is 4. The number of methoxy groups -OCH3 is 1. The summed E-state index contributed by atoms with van der Waals surface area (Å²) in [6.07, 6.45) is 0. The van der Waals surface area contributed by atoms with Gasteiger partial charge < -0.3 is 15.2 Å². The average Bonchev–Trinajstić information content (AvgIpc) is 2.91. The Kier molecular flexibility index (Phi) is 3.93. The van der Waals surface area contributed by atoms with E-state index in [1.54, 1.807) is 12.1 Å². The molecule has 0 aliphatic heterocycles. The van der Waals surface area contributed by atoms with E-state index >= 15 is 0 Å². The first kappa shape index (κ1) is 14.3. The van der Waals surface area contributed by atoms with E-state index in [-0.39, 0.29) is 0 Å². The molecule has 1 aromatic heterocycles. The first-order valence-electron chi connectivity index (χ1n) is 6.62. The molecule has 0 amide bonds. The first-order chi connectivity index (χ1) is 10.7. The van der Waals surface area contributed by atoms with Gasteiger partial charge in [0, 0.05) is 6.07 Å². The lowest BCUT2D eigenvalue weighted by Gasteiger charge is -2.10. The van der Waals surface area contributed by atoms with Crippen LogP contribution in [0.2, 0.25) is 0 Å². The van der Waals surface area contributed by atoms with Gasteiger partial charge in [0.05, 0.1) is 17.3 Å². The second-order valence-electron chi connectivity index (χ2n) is 4.63. The molecule has 0 fully saturated rings. The summed E-state index contributed by atoms with van der Waals surface area (Å²) < 4.78 is 11.4. The van der Waals surface area contributed by atoms with Gasteiger partial charge in [0.25, 0.3) is 0 Å². The molecule has 1 heterocycles. The van der Waals surface area contributed by atoms with E-state index in [0.29, 0.717) is 28.6 Å². The fourth-order valence-corrected chi connectivity index (χ4v) is 2.85. The molecular formula is C16H14N2O3S. The predicted molar refractivity (Wildman–Crippen MR) is 86.1 cm³/mol. The van der Waals surface area contributed by atoms with Crippen LogP contribution in [-0.2, 0) is 11.3 Å². The van der Waals surface area contributed by atoms with Crippen LogP contribution in [0.3, 0.4) is 0 Å². The summed E-state index contributed by atoms with van der Waals surface area (Å²) in [6.45, 7) is 0.357. The topological polar surface area (TPSA) is 74.4 Å². The van der Waals surface area contributed by atoms with Crippen molar-refractivity contribution in [3.8, 4) is 5.75 Å². The first-order valence-corrected chi connectivity index (χ1v) is 7.44. The molecule has 0 aliphatic carbocycles. The summed E-state index contributed by atoms with van der Waals surface area (Å²) in [5.41, 5.74) is 7.80. The number of carbonyl (C=O) groups excluding carboxylic acids is 1. The number of anilines is 1. The van der Waals surface area contributed by atoms with Gasteiger partial charge in [-0.3, -0.25) is 0 Å². The quantitative estimate of drug-likeness (QED) is 0.748. The molecule has 5 nitrogen and oxygen atoms in total. The van der Waals surface area contributed by atoms with Gasteiger partial charge >= 0.3 is 5.97 Å².